The molecule has 0 bridgehead atoms. The standard InChI is InChI=1S/C20H25N5O3S/c1-14-18(15(2)25(23-14)12-16-8-6-5-7-9-16)11-22-20(26)19-10-17(13-24(19)4)29(27,28)21-3/h5-10,13,21H,11-12H2,1-4H3,(H,22,26). The Morgan fingerprint density at radius 1 is 1.17 bits per heavy atom. The summed E-state index contributed by atoms with van der Waals surface area (Å²) in [6, 6.07) is 11.4. The smallest absolute Gasteiger partial charge is 0.268 e. The SMILES string of the molecule is CNS(=O)(=O)c1cc(C(=O)NCc2c(C)nn(Cc3ccccc3)c2C)n(C)c1. The first-order valence-electron chi connectivity index (χ1n) is 9.18. The average Bonchev–Trinajstić information content (AvgIpc) is 3.21. The Kier molecular flexibility index (Phi) is 5.90. The van der Waals surface area contributed by atoms with Crippen LogP contribution in [-0.2, 0) is 30.2 Å². The molecule has 3 aromatic rings. The van der Waals surface area contributed by atoms with Crippen molar-refractivity contribution in [1.29, 1.82) is 0 Å². The number of aryl methyl sites for hydroxylation is 2. The molecule has 0 saturated carbocycles. The first-order chi connectivity index (χ1) is 13.7. The molecule has 1 amide bonds. The number of carbonyl (C=O) groups excluding carboxylic acids is 1. The van der Waals surface area contributed by atoms with Crippen LogP contribution in [0.25, 0.3) is 0 Å². The van der Waals surface area contributed by atoms with Gasteiger partial charge in [0.05, 0.1) is 12.2 Å². The van der Waals surface area contributed by atoms with Gasteiger partial charge >= 0.3 is 0 Å². The topological polar surface area (TPSA) is 98.0 Å². The van der Waals surface area contributed by atoms with E-state index in [2.05, 4.69) is 15.1 Å². The summed E-state index contributed by atoms with van der Waals surface area (Å²) >= 11 is 0. The summed E-state index contributed by atoms with van der Waals surface area (Å²) in [5.41, 5.74) is 4.20. The van der Waals surface area contributed by atoms with Gasteiger partial charge < -0.3 is 9.88 Å². The molecule has 0 unspecified atom stereocenters. The van der Waals surface area contributed by atoms with Gasteiger partial charge in [-0.3, -0.25) is 9.48 Å². The molecular formula is C20H25N5O3S. The van der Waals surface area contributed by atoms with Crippen molar-refractivity contribution < 1.29 is 13.2 Å². The summed E-state index contributed by atoms with van der Waals surface area (Å²) in [6.45, 7) is 4.86. The zero-order valence-corrected chi connectivity index (χ0v) is 17.7. The summed E-state index contributed by atoms with van der Waals surface area (Å²) in [6.07, 6.45) is 1.41. The van der Waals surface area contributed by atoms with Gasteiger partial charge in [0.25, 0.3) is 5.91 Å². The van der Waals surface area contributed by atoms with Gasteiger partial charge in [0.15, 0.2) is 0 Å². The molecule has 1 aromatic carbocycles. The Morgan fingerprint density at radius 2 is 1.86 bits per heavy atom. The van der Waals surface area contributed by atoms with E-state index in [4.69, 9.17) is 0 Å². The Bertz CT molecular complexity index is 1130. The Morgan fingerprint density at radius 3 is 2.52 bits per heavy atom. The van der Waals surface area contributed by atoms with Gasteiger partial charge in [-0.05, 0) is 32.5 Å². The maximum Gasteiger partial charge on any atom is 0.268 e. The van der Waals surface area contributed by atoms with E-state index in [1.54, 1.807) is 7.05 Å². The third kappa shape index (κ3) is 4.41. The van der Waals surface area contributed by atoms with Crippen LogP contribution in [0.1, 0.15) is 33.0 Å². The van der Waals surface area contributed by atoms with Crippen LogP contribution < -0.4 is 10.0 Å². The third-order valence-corrected chi connectivity index (χ3v) is 6.31. The van der Waals surface area contributed by atoms with Crippen LogP contribution in [0.5, 0.6) is 0 Å². The van der Waals surface area contributed by atoms with Gasteiger partial charge in [-0.1, -0.05) is 30.3 Å². The molecule has 0 spiro atoms. The Balaban J connectivity index is 1.74. The number of aromatic nitrogens is 3. The molecule has 0 radical (unpaired) electrons. The maximum atomic E-state index is 12.6. The lowest BCUT2D eigenvalue weighted by atomic mass is 10.2. The molecule has 0 atom stereocenters. The molecular weight excluding hydrogens is 390 g/mol. The molecule has 0 aliphatic rings. The van der Waals surface area contributed by atoms with Crippen molar-refractivity contribution in [3.05, 3.63) is 70.8 Å². The number of amides is 1. The summed E-state index contributed by atoms with van der Waals surface area (Å²) in [7, 11) is -0.634. The van der Waals surface area contributed by atoms with Crippen molar-refractivity contribution in [2.24, 2.45) is 7.05 Å². The largest absolute Gasteiger partial charge is 0.347 e. The van der Waals surface area contributed by atoms with Gasteiger partial charge in [0, 0.05) is 31.0 Å². The van der Waals surface area contributed by atoms with Gasteiger partial charge in [-0.2, -0.15) is 5.10 Å². The third-order valence-electron chi connectivity index (χ3n) is 4.92. The molecule has 0 saturated heterocycles. The molecule has 8 nitrogen and oxygen atoms in total. The van der Waals surface area contributed by atoms with Crippen LogP contribution in [0.15, 0.2) is 47.5 Å². The van der Waals surface area contributed by atoms with Crippen molar-refractivity contribution in [1.82, 2.24) is 24.4 Å². The van der Waals surface area contributed by atoms with E-state index in [0.29, 0.717) is 13.1 Å². The van der Waals surface area contributed by atoms with Gasteiger partial charge in [-0.15, -0.1) is 0 Å². The minimum Gasteiger partial charge on any atom is -0.347 e. The highest BCUT2D eigenvalue weighted by atomic mass is 32.2. The van der Waals surface area contributed by atoms with E-state index in [0.717, 1.165) is 22.5 Å². The van der Waals surface area contributed by atoms with Crippen LogP contribution in [-0.4, -0.2) is 35.7 Å². The number of benzene rings is 1. The summed E-state index contributed by atoms with van der Waals surface area (Å²) < 4.78 is 29.6. The quantitative estimate of drug-likeness (QED) is 0.614. The Hall–Kier alpha value is -2.91. The monoisotopic (exact) mass is 415 g/mol. The second-order valence-corrected chi connectivity index (χ2v) is 8.74. The van der Waals surface area contributed by atoms with E-state index in [1.165, 1.54) is 23.9 Å². The summed E-state index contributed by atoms with van der Waals surface area (Å²) in [4.78, 5) is 12.7. The molecule has 154 valence electrons. The van der Waals surface area contributed by atoms with Crippen molar-refractivity contribution >= 4 is 15.9 Å². The summed E-state index contributed by atoms with van der Waals surface area (Å²) in [5.74, 6) is -0.348. The van der Waals surface area contributed by atoms with Crippen LogP contribution in [0.3, 0.4) is 0 Å². The van der Waals surface area contributed by atoms with Crippen LogP contribution in [0.4, 0.5) is 0 Å². The number of sulfonamides is 1. The molecule has 2 heterocycles. The van der Waals surface area contributed by atoms with Crippen molar-refractivity contribution in [2.75, 3.05) is 7.05 Å². The highest BCUT2D eigenvalue weighted by Gasteiger charge is 2.20. The van der Waals surface area contributed by atoms with E-state index < -0.39 is 10.0 Å². The number of carbonyl (C=O) groups is 1. The fourth-order valence-electron chi connectivity index (χ4n) is 3.18. The second kappa shape index (κ2) is 8.22. The average molecular weight is 416 g/mol. The normalized spacial score (nSPS) is 11.6. The van der Waals surface area contributed by atoms with Crippen molar-refractivity contribution in [2.45, 2.75) is 31.8 Å². The lowest BCUT2D eigenvalue weighted by molar-refractivity contribution is 0.0942. The zero-order valence-electron chi connectivity index (χ0n) is 16.9. The summed E-state index contributed by atoms with van der Waals surface area (Å²) in [5, 5.41) is 7.46. The lowest BCUT2D eigenvalue weighted by Crippen LogP contribution is -2.25. The fourth-order valence-corrected chi connectivity index (χ4v) is 3.98. The minimum atomic E-state index is -3.60. The predicted octanol–water partition coefficient (Wildman–Crippen LogP) is 1.72. The zero-order chi connectivity index (χ0) is 21.2. The first-order valence-corrected chi connectivity index (χ1v) is 10.7. The van der Waals surface area contributed by atoms with Crippen molar-refractivity contribution in [3.8, 4) is 0 Å². The number of nitrogens with one attached hydrogen (secondary N) is 2. The van der Waals surface area contributed by atoms with Crippen LogP contribution >= 0.6 is 0 Å². The van der Waals surface area contributed by atoms with Gasteiger partial charge in [0.2, 0.25) is 10.0 Å². The van der Waals surface area contributed by atoms with Crippen molar-refractivity contribution in [3.63, 3.8) is 0 Å². The van der Waals surface area contributed by atoms with E-state index in [9.17, 15) is 13.2 Å². The maximum absolute atomic E-state index is 12.6. The van der Waals surface area contributed by atoms with Gasteiger partial charge in [0.1, 0.15) is 10.6 Å². The molecule has 2 aromatic heterocycles. The predicted molar refractivity (Wildman–Crippen MR) is 110 cm³/mol. The van der Waals surface area contributed by atoms with Crippen LogP contribution in [0.2, 0.25) is 0 Å². The Labute approximate surface area is 170 Å². The molecule has 29 heavy (non-hydrogen) atoms. The first kappa shape index (κ1) is 20.8. The number of hydrogen-bond donors (Lipinski definition) is 2. The highest BCUT2D eigenvalue weighted by molar-refractivity contribution is 7.89. The van der Waals surface area contributed by atoms with Crippen LogP contribution in [0, 0.1) is 13.8 Å². The minimum absolute atomic E-state index is 0.0516. The number of rotatable bonds is 7. The molecule has 0 aliphatic heterocycles. The highest BCUT2D eigenvalue weighted by Crippen LogP contribution is 2.16. The molecule has 0 aliphatic carbocycles. The molecule has 3 rings (SSSR count). The lowest BCUT2D eigenvalue weighted by Gasteiger charge is -2.08. The number of nitrogens with zero attached hydrogens (tertiary/aromatic N) is 3. The fraction of sp³-hybridized carbons (Fsp3) is 0.300. The van der Waals surface area contributed by atoms with E-state index in [-0.39, 0.29) is 16.5 Å². The van der Waals surface area contributed by atoms with E-state index in [1.807, 2.05) is 48.9 Å². The second-order valence-electron chi connectivity index (χ2n) is 6.85. The molecule has 0 fully saturated rings. The van der Waals surface area contributed by atoms with E-state index >= 15 is 0 Å². The molecule has 9 heteroatoms. The van der Waals surface area contributed by atoms with Gasteiger partial charge in [-0.25, -0.2) is 13.1 Å². The number of hydrogen-bond acceptors (Lipinski definition) is 4. The molecule has 2 N–H and O–H groups in total.